The van der Waals surface area contributed by atoms with Gasteiger partial charge in [0.1, 0.15) is 0 Å². The van der Waals surface area contributed by atoms with Gasteiger partial charge in [0.05, 0.1) is 12.1 Å². The van der Waals surface area contributed by atoms with Crippen molar-refractivity contribution in [3.05, 3.63) is 46.3 Å². The third kappa shape index (κ3) is 4.96. The number of nitrogens with one attached hydrogen (secondary N) is 1. The SMILES string of the molecule is CC(C)Oc1ccc(CNC(=O)N(C)C(C)c2cccs2)cn1. The first-order valence-electron chi connectivity index (χ1n) is 7.63. The molecule has 6 heteroatoms. The molecule has 0 aliphatic heterocycles. The second-order valence-electron chi connectivity index (χ2n) is 5.63. The van der Waals surface area contributed by atoms with Crippen LogP contribution in [0.5, 0.6) is 5.88 Å². The van der Waals surface area contributed by atoms with Crippen LogP contribution < -0.4 is 10.1 Å². The normalized spacial score (nSPS) is 12.0. The third-order valence-electron chi connectivity index (χ3n) is 3.45. The molecule has 0 saturated heterocycles. The van der Waals surface area contributed by atoms with Gasteiger partial charge in [0.15, 0.2) is 0 Å². The van der Waals surface area contributed by atoms with Crippen LogP contribution in [-0.4, -0.2) is 29.1 Å². The Hall–Kier alpha value is -2.08. The lowest BCUT2D eigenvalue weighted by atomic mass is 10.2. The summed E-state index contributed by atoms with van der Waals surface area (Å²) in [4.78, 5) is 19.3. The second kappa shape index (κ2) is 7.97. The number of ether oxygens (including phenoxy) is 1. The molecule has 2 aromatic rings. The van der Waals surface area contributed by atoms with Gasteiger partial charge in [0.2, 0.25) is 5.88 Å². The zero-order valence-electron chi connectivity index (χ0n) is 13.9. The average Bonchev–Trinajstić information content (AvgIpc) is 3.06. The number of pyridine rings is 1. The third-order valence-corrected chi connectivity index (χ3v) is 4.50. The number of carbonyl (C=O) groups excluding carboxylic acids is 1. The molecule has 1 N–H and O–H groups in total. The Morgan fingerprint density at radius 2 is 2.13 bits per heavy atom. The van der Waals surface area contributed by atoms with Crippen LogP contribution in [0.25, 0.3) is 0 Å². The molecule has 124 valence electrons. The summed E-state index contributed by atoms with van der Waals surface area (Å²) in [6, 6.07) is 7.71. The Kier molecular flexibility index (Phi) is 5.98. The second-order valence-corrected chi connectivity index (χ2v) is 6.61. The highest BCUT2D eigenvalue weighted by Gasteiger charge is 2.17. The topological polar surface area (TPSA) is 54.5 Å². The number of amides is 2. The molecule has 0 saturated carbocycles. The molecule has 0 fully saturated rings. The van der Waals surface area contributed by atoms with Crippen molar-refractivity contribution < 1.29 is 9.53 Å². The summed E-state index contributed by atoms with van der Waals surface area (Å²) in [5, 5.41) is 4.93. The first kappa shape index (κ1) is 17.3. The number of hydrogen-bond acceptors (Lipinski definition) is 4. The molecule has 2 heterocycles. The van der Waals surface area contributed by atoms with E-state index in [0.29, 0.717) is 12.4 Å². The van der Waals surface area contributed by atoms with Crippen molar-refractivity contribution >= 4 is 17.4 Å². The highest BCUT2D eigenvalue weighted by atomic mass is 32.1. The molecule has 0 radical (unpaired) electrons. The summed E-state index contributed by atoms with van der Waals surface area (Å²) < 4.78 is 5.50. The number of urea groups is 1. The summed E-state index contributed by atoms with van der Waals surface area (Å²) in [5.41, 5.74) is 0.937. The first-order chi connectivity index (χ1) is 11.0. The van der Waals surface area contributed by atoms with Gasteiger partial charge in [-0.15, -0.1) is 11.3 Å². The molecule has 2 amide bonds. The Labute approximate surface area is 141 Å². The van der Waals surface area contributed by atoms with Gasteiger partial charge in [-0.3, -0.25) is 0 Å². The molecule has 0 bridgehead atoms. The number of carbonyl (C=O) groups is 1. The van der Waals surface area contributed by atoms with E-state index in [1.54, 1.807) is 29.5 Å². The van der Waals surface area contributed by atoms with Crippen molar-refractivity contribution in [1.82, 2.24) is 15.2 Å². The quantitative estimate of drug-likeness (QED) is 0.874. The summed E-state index contributed by atoms with van der Waals surface area (Å²) in [6.45, 7) is 6.38. The van der Waals surface area contributed by atoms with E-state index in [-0.39, 0.29) is 18.2 Å². The maximum absolute atomic E-state index is 12.2. The minimum atomic E-state index is -0.103. The van der Waals surface area contributed by atoms with Crippen LogP contribution in [0, 0.1) is 0 Å². The Balaban J connectivity index is 1.86. The van der Waals surface area contributed by atoms with E-state index in [1.165, 1.54) is 4.88 Å². The largest absolute Gasteiger partial charge is 0.475 e. The van der Waals surface area contributed by atoms with Crippen LogP contribution >= 0.6 is 11.3 Å². The molecule has 2 rings (SSSR count). The lowest BCUT2D eigenvalue weighted by Crippen LogP contribution is -2.38. The highest BCUT2D eigenvalue weighted by molar-refractivity contribution is 7.10. The van der Waals surface area contributed by atoms with Crippen molar-refractivity contribution in [2.75, 3.05) is 7.05 Å². The predicted octanol–water partition coefficient (Wildman–Crippen LogP) is 3.83. The maximum Gasteiger partial charge on any atom is 0.317 e. The molecule has 0 aliphatic rings. The van der Waals surface area contributed by atoms with Crippen LogP contribution in [-0.2, 0) is 6.54 Å². The fraction of sp³-hybridized carbons (Fsp3) is 0.412. The minimum absolute atomic E-state index is 0.0509. The van der Waals surface area contributed by atoms with E-state index in [9.17, 15) is 4.79 Å². The standard InChI is InChI=1S/C17H23N3O2S/c1-12(2)22-16-8-7-14(10-18-16)11-19-17(21)20(4)13(3)15-6-5-9-23-15/h5-10,12-13H,11H2,1-4H3,(H,19,21). The molecular weight excluding hydrogens is 310 g/mol. The number of rotatable bonds is 6. The van der Waals surface area contributed by atoms with Crippen LogP contribution in [0.1, 0.15) is 37.3 Å². The van der Waals surface area contributed by atoms with Crippen molar-refractivity contribution in [3.63, 3.8) is 0 Å². The van der Waals surface area contributed by atoms with Crippen LogP contribution in [0.15, 0.2) is 35.8 Å². The molecule has 0 aromatic carbocycles. The van der Waals surface area contributed by atoms with Gasteiger partial charge in [-0.25, -0.2) is 9.78 Å². The van der Waals surface area contributed by atoms with Gasteiger partial charge in [-0.1, -0.05) is 12.1 Å². The smallest absolute Gasteiger partial charge is 0.317 e. The van der Waals surface area contributed by atoms with Crippen molar-refractivity contribution in [2.45, 2.75) is 39.5 Å². The summed E-state index contributed by atoms with van der Waals surface area (Å²) in [5.74, 6) is 0.596. The minimum Gasteiger partial charge on any atom is -0.475 e. The summed E-state index contributed by atoms with van der Waals surface area (Å²) in [6.07, 6.45) is 1.82. The van der Waals surface area contributed by atoms with Gasteiger partial charge in [-0.2, -0.15) is 0 Å². The molecule has 23 heavy (non-hydrogen) atoms. The number of thiophene rings is 1. The van der Waals surface area contributed by atoms with Gasteiger partial charge in [0.25, 0.3) is 0 Å². The van der Waals surface area contributed by atoms with Crippen LogP contribution in [0.4, 0.5) is 4.79 Å². The lowest BCUT2D eigenvalue weighted by molar-refractivity contribution is 0.194. The van der Waals surface area contributed by atoms with Gasteiger partial charge < -0.3 is 15.0 Å². The van der Waals surface area contributed by atoms with E-state index in [4.69, 9.17) is 4.74 Å². The molecule has 0 spiro atoms. The Morgan fingerprint density at radius 1 is 1.35 bits per heavy atom. The molecular formula is C17H23N3O2S. The summed E-state index contributed by atoms with van der Waals surface area (Å²) >= 11 is 1.65. The van der Waals surface area contributed by atoms with Gasteiger partial charge in [0, 0.05) is 30.7 Å². The van der Waals surface area contributed by atoms with E-state index in [2.05, 4.69) is 10.3 Å². The highest BCUT2D eigenvalue weighted by Crippen LogP contribution is 2.23. The van der Waals surface area contributed by atoms with Gasteiger partial charge >= 0.3 is 6.03 Å². The van der Waals surface area contributed by atoms with Crippen LogP contribution in [0.3, 0.4) is 0 Å². The van der Waals surface area contributed by atoms with Crippen LogP contribution in [0.2, 0.25) is 0 Å². The fourth-order valence-corrected chi connectivity index (χ4v) is 2.85. The van der Waals surface area contributed by atoms with E-state index in [0.717, 1.165) is 5.56 Å². The number of aromatic nitrogens is 1. The van der Waals surface area contributed by atoms with E-state index < -0.39 is 0 Å². The van der Waals surface area contributed by atoms with Gasteiger partial charge in [-0.05, 0) is 37.8 Å². The zero-order chi connectivity index (χ0) is 16.8. The lowest BCUT2D eigenvalue weighted by Gasteiger charge is -2.24. The predicted molar refractivity (Wildman–Crippen MR) is 92.7 cm³/mol. The molecule has 5 nitrogen and oxygen atoms in total. The summed E-state index contributed by atoms with van der Waals surface area (Å²) in [7, 11) is 1.80. The Morgan fingerprint density at radius 3 is 2.70 bits per heavy atom. The first-order valence-corrected chi connectivity index (χ1v) is 8.51. The molecule has 1 unspecified atom stereocenters. The fourth-order valence-electron chi connectivity index (χ4n) is 2.02. The maximum atomic E-state index is 12.2. The van der Waals surface area contributed by atoms with Crippen molar-refractivity contribution in [1.29, 1.82) is 0 Å². The van der Waals surface area contributed by atoms with Crippen molar-refractivity contribution in [2.24, 2.45) is 0 Å². The van der Waals surface area contributed by atoms with Crippen molar-refractivity contribution in [3.8, 4) is 5.88 Å². The van der Waals surface area contributed by atoms with E-state index >= 15 is 0 Å². The Bertz CT molecular complexity index is 611. The zero-order valence-corrected chi connectivity index (χ0v) is 14.8. The number of nitrogens with zero attached hydrogens (tertiary/aromatic N) is 2. The average molecular weight is 333 g/mol. The monoisotopic (exact) mass is 333 g/mol. The molecule has 0 aliphatic carbocycles. The molecule has 1 atom stereocenters. The number of hydrogen-bond donors (Lipinski definition) is 1. The molecule has 2 aromatic heterocycles. The van der Waals surface area contributed by atoms with E-state index in [1.807, 2.05) is 50.4 Å².